The first-order chi connectivity index (χ1) is 10.7. The van der Waals surface area contributed by atoms with Gasteiger partial charge in [-0.15, -0.1) is 0 Å². The number of hydrogen-bond acceptors (Lipinski definition) is 3. The number of ether oxygens (including phenoxy) is 1. The van der Waals surface area contributed by atoms with Gasteiger partial charge in [-0.1, -0.05) is 24.3 Å². The predicted molar refractivity (Wildman–Crippen MR) is 81.5 cm³/mol. The highest BCUT2D eigenvalue weighted by Gasteiger charge is 2.45. The lowest BCUT2D eigenvalue weighted by atomic mass is 9.80. The largest absolute Gasteiger partial charge is 0.443 e. The summed E-state index contributed by atoms with van der Waals surface area (Å²) in [5.41, 5.74) is 2.25. The molecular formula is C18H21NO3. The zero-order valence-corrected chi connectivity index (χ0v) is 12.7. The molecule has 22 heavy (non-hydrogen) atoms. The van der Waals surface area contributed by atoms with Crippen molar-refractivity contribution in [1.29, 1.82) is 0 Å². The van der Waals surface area contributed by atoms with Gasteiger partial charge in [-0.2, -0.15) is 0 Å². The Morgan fingerprint density at radius 2 is 1.82 bits per heavy atom. The van der Waals surface area contributed by atoms with E-state index < -0.39 is 0 Å². The van der Waals surface area contributed by atoms with Crippen LogP contribution in [0.5, 0.6) is 0 Å². The summed E-state index contributed by atoms with van der Waals surface area (Å²) in [5.74, 6) is 0.300. The smallest absolute Gasteiger partial charge is 0.410 e. The Balaban J connectivity index is 1.50. The van der Waals surface area contributed by atoms with E-state index in [1.807, 2.05) is 11.0 Å². The first-order valence-corrected chi connectivity index (χ1v) is 8.26. The van der Waals surface area contributed by atoms with Crippen LogP contribution < -0.4 is 0 Å². The number of rotatable bonds is 1. The van der Waals surface area contributed by atoms with E-state index in [2.05, 4.69) is 18.2 Å². The maximum atomic E-state index is 12.6. The number of amides is 1. The van der Waals surface area contributed by atoms with Gasteiger partial charge in [0, 0.05) is 25.8 Å². The van der Waals surface area contributed by atoms with Crippen LogP contribution in [0.4, 0.5) is 4.79 Å². The Morgan fingerprint density at radius 1 is 1.05 bits per heavy atom. The molecule has 1 atom stereocenters. The van der Waals surface area contributed by atoms with Crippen molar-refractivity contribution >= 4 is 11.9 Å². The van der Waals surface area contributed by atoms with Gasteiger partial charge in [0.25, 0.3) is 0 Å². The van der Waals surface area contributed by atoms with E-state index in [1.54, 1.807) is 0 Å². The van der Waals surface area contributed by atoms with E-state index in [4.69, 9.17) is 4.74 Å². The van der Waals surface area contributed by atoms with Crippen molar-refractivity contribution in [1.82, 2.24) is 4.90 Å². The lowest BCUT2D eigenvalue weighted by molar-refractivity contribution is -0.129. The Kier molecular flexibility index (Phi) is 3.21. The summed E-state index contributed by atoms with van der Waals surface area (Å²) in [5, 5.41) is 0. The van der Waals surface area contributed by atoms with Crippen molar-refractivity contribution in [3.63, 3.8) is 0 Å². The predicted octanol–water partition coefficient (Wildman–Crippen LogP) is 3.40. The van der Waals surface area contributed by atoms with Crippen molar-refractivity contribution in [2.75, 3.05) is 6.54 Å². The van der Waals surface area contributed by atoms with Crippen LogP contribution in [0.1, 0.15) is 55.7 Å². The molecule has 1 saturated carbocycles. The third-order valence-corrected chi connectivity index (χ3v) is 5.54. The van der Waals surface area contributed by atoms with Gasteiger partial charge in [-0.3, -0.25) is 4.79 Å². The van der Waals surface area contributed by atoms with E-state index in [1.165, 1.54) is 11.1 Å². The van der Waals surface area contributed by atoms with E-state index >= 15 is 0 Å². The molecular weight excluding hydrogens is 278 g/mol. The number of benzene rings is 1. The highest BCUT2D eigenvalue weighted by molar-refractivity contribution is 5.80. The minimum Gasteiger partial charge on any atom is -0.443 e. The topological polar surface area (TPSA) is 46.6 Å². The number of carbonyl (C=O) groups excluding carboxylic acids is 2. The molecule has 1 aromatic carbocycles. The fraction of sp³-hybridized carbons (Fsp3) is 0.556. The number of ketones is 1. The Morgan fingerprint density at radius 3 is 2.59 bits per heavy atom. The standard InChI is InChI=1S/C18H21NO3/c20-14-7-9-18(10-8-14)11-12-19(17(21)22-18)16-6-5-13-3-1-2-4-15(13)16/h1-4,16H,5-12H2. The third kappa shape index (κ3) is 2.21. The lowest BCUT2D eigenvalue weighted by Gasteiger charge is -2.44. The average Bonchev–Trinajstić information content (AvgIpc) is 2.95. The first-order valence-electron chi connectivity index (χ1n) is 8.26. The van der Waals surface area contributed by atoms with Crippen LogP contribution in [0.15, 0.2) is 24.3 Å². The number of carbonyl (C=O) groups is 2. The molecule has 1 heterocycles. The minimum atomic E-state index is -0.375. The van der Waals surface area contributed by atoms with Gasteiger partial charge in [0.2, 0.25) is 0 Å². The molecule has 0 aromatic heterocycles. The van der Waals surface area contributed by atoms with Gasteiger partial charge in [0.1, 0.15) is 11.4 Å². The van der Waals surface area contributed by atoms with E-state index in [0.717, 1.165) is 25.8 Å². The molecule has 1 saturated heterocycles. The monoisotopic (exact) mass is 299 g/mol. The average molecular weight is 299 g/mol. The van der Waals surface area contributed by atoms with Crippen LogP contribution in [0.3, 0.4) is 0 Å². The van der Waals surface area contributed by atoms with Gasteiger partial charge < -0.3 is 9.64 Å². The summed E-state index contributed by atoms with van der Waals surface area (Å²) in [4.78, 5) is 25.9. The second-order valence-electron chi connectivity index (χ2n) is 6.79. The maximum absolute atomic E-state index is 12.6. The van der Waals surface area contributed by atoms with Crippen LogP contribution in [-0.4, -0.2) is 28.9 Å². The summed E-state index contributed by atoms with van der Waals surface area (Å²) < 4.78 is 5.84. The Hall–Kier alpha value is -1.84. The van der Waals surface area contributed by atoms with Crippen LogP contribution in [-0.2, 0) is 16.0 Å². The summed E-state index contributed by atoms with van der Waals surface area (Å²) in [6, 6.07) is 8.54. The fourth-order valence-corrected chi connectivity index (χ4v) is 4.19. The number of fused-ring (bicyclic) bond motifs is 1. The van der Waals surface area contributed by atoms with Gasteiger partial charge in [0.05, 0.1) is 6.04 Å². The molecule has 1 aliphatic heterocycles. The van der Waals surface area contributed by atoms with Crippen molar-refractivity contribution in [3.8, 4) is 0 Å². The van der Waals surface area contributed by atoms with Gasteiger partial charge >= 0.3 is 6.09 Å². The molecule has 4 nitrogen and oxygen atoms in total. The van der Waals surface area contributed by atoms with Gasteiger partial charge in [-0.25, -0.2) is 4.79 Å². The van der Waals surface area contributed by atoms with Gasteiger partial charge in [0.15, 0.2) is 0 Å². The molecule has 1 spiro atoms. The molecule has 2 aliphatic carbocycles. The number of hydrogen-bond donors (Lipinski definition) is 0. The molecule has 2 fully saturated rings. The molecule has 1 unspecified atom stereocenters. The highest BCUT2D eigenvalue weighted by atomic mass is 16.6. The van der Waals surface area contributed by atoms with Crippen molar-refractivity contribution in [2.45, 2.75) is 56.6 Å². The fourth-order valence-electron chi connectivity index (χ4n) is 4.19. The van der Waals surface area contributed by atoms with Crippen LogP contribution in [0, 0.1) is 0 Å². The molecule has 116 valence electrons. The molecule has 0 N–H and O–H groups in total. The molecule has 4 heteroatoms. The van der Waals surface area contributed by atoms with Crippen molar-refractivity contribution < 1.29 is 14.3 Å². The number of Topliss-reactive ketones (excluding diaryl/α,β-unsaturated/α-hetero) is 1. The highest BCUT2D eigenvalue weighted by Crippen LogP contribution is 2.42. The minimum absolute atomic E-state index is 0.159. The summed E-state index contributed by atoms with van der Waals surface area (Å²) in [6.07, 6.45) is 5.19. The molecule has 1 amide bonds. The molecule has 0 bridgehead atoms. The lowest BCUT2D eigenvalue weighted by Crippen LogP contribution is -2.51. The molecule has 4 rings (SSSR count). The van der Waals surface area contributed by atoms with E-state index in [-0.39, 0.29) is 17.7 Å². The van der Waals surface area contributed by atoms with Crippen LogP contribution >= 0.6 is 0 Å². The Labute approximate surface area is 130 Å². The molecule has 0 radical (unpaired) electrons. The normalized spacial score (nSPS) is 26.9. The summed E-state index contributed by atoms with van der Waals surface area (Å²) in [6.45, 7) is 0.742. The Bertz CT molecular complexity index is 615. The first kappa shape index (κ1) is 13.8. The molecule has 1 aromatic rings. The second kappa shape index (κ2) is 5.11. The quantitative estimate of drug-likeness (QED) is 0.798. The van der Waals surface area contributed by atoms with Crippen LogP contribution in [0.2, 0.25) is 0 Å². The van der Waals surface area contributed by atoms with Crippen molar-refractivity contribution in [3.05, 3.63) is 35.4 Å². The van der Waals surface area contributed by atoms with E-state index in [0.29, 0.717) is 31.5 Å². The van der Waals surface area contributed by atoms with Crippen LogP contribution in [0.25, 0.3) is 0 Å². The zero-order valence-electron chi connectivity index (χ0n) is 12.7. The zero-order chi connectivity index (χ0) is 15.2. The molecule has 3 aliphatic rings. The summed E-state index contributed by atoms with van der Waals surface area (Å²) >= 11 is 0. The van der Waals surface area contributed by atoms with Crippen molar-refractivity contribution in [2.24, 2.45) is 0 Å². The van der Waals surface area contributed by atoms with E-state index in [9.17, 15) is 9.59 Å². The number of nitrogens with zero attached hydrogens (tertiary/aromatic N) is 1. The maximum Gasteiger partial charge on any atom is 0.410 e. The number of aryl methyl sites for hydroxylation is 1. The summed E-state index contributed by atoms with van der Waals surface area (Å²) in [7, 11) is 0. The SMILES string of the molecule is O=C1CCC2(CC1)CCN(C1CCc3ccccc31)C(=O)O2. The van der Waals surface area contributed by atoms with Gasteiger partial charge in [-0.05, 0) is 36.8 Å². The second-order valence-corrected chi connectivity index (χ2v) is 6.79. The third-order valence-electron chi connectivity index (χ3n) is 5.54.